The molecule has 0 unspecified atom stereocenters. The Kier molecular flexibility index (Phi) is 6.12. The van der Waals surface area contributed by atoms with Gasteiger partial charge in [-0.05, 0) is 62.0 Å². The molecule has 0 spiro atoms. The van der Waals surface area contributed by atoms with Gasteiger partial charge in [0.05, 0.1) is 0 Å². The Morgan fingerprint density at radius 2 is 1.50 bits per heavy atom. The Bertz CT molecular complexity index is 1270. The Morgan fingerprint density at radius 1 is 0.824 bits per heavy atom. The van der Waals surface area contributed by atoms with E-state index in [1.54, 1.807) is 0 Å². The van der Waals surface area contributed by atoms with E-state index in [0.717, 1.165) is 47.5 Å². The molecule has 0 amide bonds. The fourth-order valence-corrected chi connectivity index (χ4v) is 4.98. The van der Waals surface area contributed by atoms with Gasteiger partial charge in [0.2, 0.25) is 0 Å². The van der Waals surface area contributed by atoms with Crippen molar-refractivity contribution in [1.29, 1.82) is 0 Å². The minimum atomic E-state index is -0.701. The molecule has 1 aliphatic rings. The van der Waals surface area contributed by atoms with Crippen molar-refractivity contribution in [2.45, 2.75) is 18.4 Å². The van der Waals surface area contributed by atoms with Gasteiger partial charge in [0, 0.05) is 29.4 Å². The van der Waals surface area contributed by atoms with Crippen molar-refractivity contribution in [3.8, 4) is 5.75 Å². The van der Waals surface area contributed by atoms with E-state index in [0.29, 0.717) is 0 Å². The molecule has 3 heteroatoms. The zero-order valence-electron chi connectivity index (χ0n) is 20.2. The van der Waals surface area contributed by atoms with Crippen LogP contribution in [0.25, 0.3) is 16.5 Å². The molecule has 0 aromatic heterocycles. The first-order valence-electron chi connectivity index (χ1n) is 12.0. The summed E-state index contributed by atoms with van der Waals surface area (Å²) in [7, 11) is 6.25. The zero-order valence-corrected chi connectivity index (χ0v) is 20.2. The van der Waals surface area contributed by atoms with Crippen LogP contribution in [0.3, 0.4) is 0 Å². The van der Waals surface area contributed by atoms with E-state index in [4.69, 9.17) is 4.74 Å². The van der Waals surface area contributed by atoms with Crippen LogP contribution >= 0.6 is 0 Å². The van der Waals surface area contributed by atoms with E-state index in [9.17, 15) is 0 Å². The van der Waals surface area contributed by atoms with Crippen LogP contribution in [0.2, 0.25) is 0 Å². The van der Waals surface area contributed by atoms with Gasteiger partial charge in [-0.2, -0.15) is 0 Å². The minimum absolute atomic E-state index is 0.701. The summed E-state index contributed by atoms with van der Waals surface area (Å²) in [6.07, 6.45) is 4.48. The van der Waals surface area contributed by atoms with Gasteiger partial charge >= 0.3 is 0 Å². The van der Waals surface area contributed by atoms with E-state index < -0.39 is 5.60 Å². The van der Waals surface area contributed by atoms with Crippen LogP contribution in [0, 0.1) is 0 Å². The fourth-order valence-electron chi connectivity index (χ4n) is 4.98. The first kappa shape index (κ1) is 22.2. The van der Waals surface area contributed by atoms with Crippen LogP contribution in [0.1, 0.15) is 28.7 Å². The van der Waals surface area contributed by atoms with Crippen molar-refractivity contribution < 1.29 is 4.74 Å². The first-order chi connectivity index (χ1) is 16.6. The van der Waals surface area contributed by atoms with Gasteiger partial charge in [-0.25, -0.2) is 0 Å². The molecule has 3 nitrogen and oxygen atoms in total. The van der Waals surface area contributed by atoms with E-state index >= 15 is 0 Å². The summed E-state index contributed by atoms with van der Waals surface area (Å²) in [4.78, 5) is 2.24. The Balaban J connectivity index is 1.62. The highest BCUT2D eigenvalue weighted by molar-refractivity contribution is 5.97. The van der Waals surface area contributed by atoms with E-state index in [2.05, 4.69) is 109 Å². The van der Waals surface area contributed by atoms with Crippen LogP contribution in [0.5, 0.6) is 5.75 Å². The summed E-state index contributed by atoms with van der Waals surface area (Å²) in [5.41, 5.74) is 5.10. The molecule has 0 atom stereocenters. The van der Waals surface area contributed by atoms with Crippen molar-refractivity contribution >= 4 is 16.5 Å². The molecule has 1 aliphatic heterocycles. The standard InChI is InChI=1S/C31H32N2O/c1-32-28-22-31(25-12-6-4-7-13-25,26-14-8-5-9-15-26)34-29-19-17-24-21-23(11-10-20-33(2)3)16-18-27(24)30(28)29/h4-9,12-19,21-22,32H,10-11,20H2,1-3H3. The lowest BCUT2D eigenvalue weighted by molar-refractivity contribution is 0.160. The van der Waals surface area contributed by atoms with Crippen LogP contribution in [0.15, 0.2) is 97.1 Å². The average molecular weight is 449 g/mol. The van der Waals surface area contributed by atoms with Gasteiger partial charge in [0.1, 0.15) is 5.75 Å². The number of nitrogens with zero attached hydrogens (tertiary/aromatic N) is 1. The number of nitrogens with one attached hydrogen (secondary N) is 1. The van der Waals surface area contributed by atoms with Crippen molar-refractivity contribution in [2.24, 2.45) is 0 Å². The molecule has 0 radical (unpaired) electrons. The smallest absolute Gasteiger partial charge is 0.180 e. The highest BCUT2D eigenvalue weighted by Crippen LogP contribution is 2.46. The normalized spacial score (nSPS) is 14.4. The summed E-state index contributed by atoms with van der Waals surface area (Å²) in [6.45, 7) is 1.10. The SMILES string of the molecule is CNC1=CC(c2ccccc2)(c2ccccc2)Oc2ccc3cc(CCCN(C)C)ccc3c21. The van der Waals surface area contributed by atoms with Crippen molar-refractivity contribution in [3.05, 3.63) is 119 Å². The summed E-state index contributed by atoms with van der Waals surface area (Å²) in [6, 6.07) is 32.1. The zero-order chi connectivity index (χ0) is 23.5. The number of hydrogen-bond donors (Lipinski definition) is 1. The lowest BCUT2D eigenvalue weighted by Crippen LogP contribution is -2.36. The van der Waals surface area contributed by atoms with E-state index in [-0.39, 0.29) is 0 Å². The number of rotatable bonds is 7. The highest BCUT2D eigenvalue weighted by atomic mass is 16.5. The number of fused-ring (bicyclic) bond motifs is 3. The van der Waals surface area contributed by atoms with Crippen molar-refractivity contribution in [3.63, 3.8) is 0 Å². The van der Waals surface area contributed by atoms with Gasteiger partial charge in [0.15, 0.2) is 5.60 Å². The average Bonchev–Trinajstić information content (AvgIpc) is 2.88. The molecule has 0 bridgehead atoms. The second kappa shape index (κ2) is 9.36. The Labute approximate surface area is 202 Å². The van der Waals surface area contributed by atoms with Crippen molar-refractivity contribution in [1.82, 2.24) is 10.2 Å². The third-order valence-electron chi connectivity index (χ3n) is 6.68. The summed E-state index contributed by atoms with van der Waals surface area (Å²) >= 11 is 0. The van der Waals surface area contributed by atoms with E-state index in [1.165, 1.54) is 16.3 Å². The molecular weight excluding hydrogens is 416 g/mol. The van der Waals surface area contributed by atoms with Gasteiger partial charge in [-0.1, -0.05) is 84.9 Å². The lowest BCUT2D eigenvalue weighted by atomic mass is 9.82. The van der Waals surface area contributed by atoms with Gasteiger partial charge < -0.3 is 15.0 Å². The third-order valence-corrected chi connectivity index (χ3v) is 6.68. The summed E-state index contributed by atoms with van der Waals surface area (Å²) < 4.78 is 6.93. The predicted octanol–water partition coefficient (Wildman–Crippen LogP) is 6.23. The molecule has 5 rings (SSSR count). The maximum Gasteiger partial charge on any atom is 0.180 e. The molecule has 4 aromatic carbocycles. The maximum atomic E-state index is 6.93. The predicted molar refractivity (Wildman–Crippen MR) is 142 cm³/mol. The molecule has 0 fully saturated rings. The molecule has 0 saturated heterocycles. The number of benzene rings is 4. The monoisotopic (exact) mass is 448 g/mol. The molecule has 0 aliphatic carbocycles. The minimum Gasteiger partial charge on any atom is -0.473 e. The van der Waals surface area contributed by atoms with Crippen LogP contribution in [-0.4, -0.2) is 32.6 Å². The van der Waals surface area contributed by atoms with E-state index in [1.807, 2.05) is 19.2 Å². The fraction of sp³-hybridized carbons (Fsp3) is 0.226. The molecular formula is C31H32N2O. The molecule has 172 valence electrons. The summed E-state index contributed by atoms with van der Waals surface area (Å²) in [5, 5.41) is 5.94. The highest BCUT2D eigenvalue weighted by Gasteiger charge is 2.39. The van der Waals surface area contributed by atoms with Crippen LogP contribution < -0.4 is 10.1 Å². The van der Waals surface area contributed by atoms with Crippen molar-refractivity contribution in [2.75, 3.05) is 27.7 Å². The Morgan fingerprint density at radius 3 is 2.12 bits per heavy atom. The number of aryl methyl sites for hydroxylation is 1. The number of hydrogen-bond acceptors (Lipinski definition) is 3. The van der Waals surface area contributed by atoms with Gasteiger partial charge in [-0.15, -0.1) is 0 Å². The molecule has 34 heavy (non-hydrogen) atoms. The lowest BCUT2D eigenvalue weighted by Gasteiger charge is -2.38. The summed E-state index contributed by atoms with van der Waals surface area (Å²) in [5.74, 6) is 0.896. The van der Waals surface area contributed by atoms with Crippen LogP contribution in [-0.2, 0) is 12.0 Å². The second-order valence-electron chi connectivity index (χ2n) is 9.28. The number of ether oxygens (including phenoxy) is 1. The van der Waals surface area contributed by atoms with Crippen LogP contribution in [0.4, 0.5) is 0 Å². The Hall–Kier alpha value is -3.56. The first-order valence-corrected chi connectivity index (χ1v) is 12.0. The molecule has 0 saturated carbocycles. The van der Waals surface area contributed by atoms with Gasteiger partial charge in [-0.3, -0.25) is 0 Å². The second-order valence-corrected chi connectivity index (χ2v) is 9.28. The maximum absolute atomic E-state index is 6.93. The molecule has 4 aromatic rings. The quantitative estimate of drug-likeness (QED) is 0.363. The molecule has 1 N–H and O–H groups in total. The topological polar surface area (TPSA) is 24.5 Å². The third kappa shape index (κ3) is 4.08. The molecule has 1 heterocycles. The largest absolute Gasteiger partial charge is 0.473 e. The van der Waals surface area contributed by atoms with Gasteiger partial charge in [0.25, 0.3) is 0 Å².